The first-order valence-electron chi connectivity index (χ1n) is 9.37. The Morgan fingerprint density at radius 1 is 1.03 bits per heavy atom. The van der Waals surface area contributed by atoms with Gasteiger partial charge in [0.05, 0.1) is 21.3 Å². The third kappa shape index (κ3) is 4.81. The lowest BCUT2D eigenvalue weighted by molar-refractivity contribution is -0.117. The number of benzene rings is 2. The van der Waals surface area contributed by atoms with E-state index in [2.05, 4.69) is 10.3 Å². The molecule has 0 bridgehead atoms. The summed E-state index contributed by atoms with van der Waals surface area (Å²) in [5.41, 5.74) is 1.72. The van der Waals surface area contributed by atoms with Gasteiger partial charge in [-0.3, -0.25) is 4.79 Å². The molecule has 7 nitrogen and oxygen atoms in total. The molecule has 2 aromatic carbocycles. The predicted octanol–water partition coefficient (Wildman–Crippen LogP) is 3.36. The van der Waals surface area contributed by atoms with Crippen LogP contribution in [0.3, 0.4) is 0 Å². The second kappa shape index (κ2) is 9.65. The zero-order valence-electron chi connectivity index (χ0n) is 17.5. The van der Waals surface area contributed by atoms with Gasteiger partial charge in [-0.05, 0) is 41.5 Å². The highest BCUT2D eigenvalue weighted by molar-refractivity contribution is 5.92. The average Bonchev–Trinajstić information content (AvgIpc) is 3.21. The summed E-state index contributed by atoms with van der Waals surface area (Å²) in [6, 6.07) is 12.6. The SMILES string of the molecule is COc1ccc(C(NC(=O)/C=C/c2ccc(OC)c(OC)c2)c2nccn2C)cc1. The van der Waals surface area contributed by atoms with Gasteiger partial charge in [-0.1, -0.05) is 18.2 Å². The number of methoxy groups -OCH3 is 3. The molecule has 1 amide bonds. The summed E-state index contributed by atoms with van der Waals surface area (Å²) in [4.78, 5) is 17.1. The van der Waals surface area contributed by atoms with Crippen LogP contribution in [0.4, 0.5) is 0 Å². The van der Waals surface area contributed by atoms with Crippen LogP contribution >= 0.6 is 0 Å². The Hall–Kier alpha value is -3.74. The predicted molar refractivity (Wildman–Crippen MR) is 115 cm³/mol. The van der Waals surface area contributed by atoms with E-state index in [1.807, 2.05) is 54.2 Å². The van der Waals surface area contributed by atoms with E-state index in [9.17, 15) is 4.79 Å². The summed E-state index contributed by atoms with van der Waals surface area (Å²) in [7, 11) is 6.67. The van der Waals surface area contributed by atoms with E-state index in [-0.39, 0.29) is 5.91 Å². The molecule has 3 aromatic rings. The standard InChI is InChI=1S/C23H25N3O4/c1-26-14-13-24-23(26)22(17-7-9-18(28-2)10-8-17)25-21(27)12-6-16-5-11-19(29-3)20(15-16)30-4/h5-15,22H,1-4H3,(H,25,27)/b12-6+. The van der Waals surface area contributed by atoms with Crippen LogP contribution in [0.2, 0.25) is 0 Å². The number of aryl methyl sites for hydroxylation is 1. The Morgan fingerprint density at radius 3 is 2.37 bits per heavy atom. The highest BCUT2D eigenvalue weighted by atomic mass is 16.5. The largest absolute Gasteiger partial charge is 0.497 e. The van der Waals surface area contributed by atoms with Crippen molar-refractivity contribution in [2.45, 2.75) is 6.04 Å². The summed E-state index contributed by atoms with van der Waals surface area (Å²) in [5.74, 6) is 2.47. The van der Waals surface area contributed by atoms with Crippen LogP contribution in [-0.2, 0) is 11.8 Å². The maximum Gasteiger partial charge on any atom is 0.244 e. The first kappa shape index (κ1) is 21.0. The molecule has 1 atom stereocenters. The van der Waals surface area contributed by atoms with Crippen LogP contribution < -0.4 is 19.5 Å². The molecule has 156 valence electrons. The summed E-state index contributed by atoms with van der Waals surface area (Å²) >= 11 is 0. The fourth-order valence-electron chi connectivity index (χ4n) is 3.07. The van der Waals surface area contributed by atoms with Gasteiger partial charge < -0.3 is 24.1 Å². The molecule has 3 rings (SSSR count). The summed E-state index contributed by atoms with van der Waals surface area (Å²) in [5, 5.41) is 3.03. The van der Waals surface area contributed by atoms with Crippen LogP contribution in [0.5, 0.6) is 17.2 Å². The molecule has 0 aliphatic heterocycles. The first-order chi connectivity index (χ1) is 14.5. The van der Waals surface area contributed by atoms with Crippen LogP contribution in [0, 0.1) is 0 Å². The van der Waals surface area contributed by atoms with Crippen molar-refractivity contribution in [1.82, 2.24) is 14.9 Å². The van der Waals surface area contributed by atoms with Crippen molar-refractivity contribution in [3.05, 3.63) is 77.9 Å². The molecule has 0 aliphatic rings. The van der Waals surface area contributed by atoms with E-state index in [0.29, 0.717) is 11.5 Å². The van der Waals surface area contributed by atoms with Gasteiger partial charge in [-0.25, -0.2) is 4.98 Å². The van der Waals surface area contributed by atoms with E-state index in [0.717, 1.165) is 22.7 Å². The molecule has 0 spiro atoms. The average molecular weight is 407 g/mol. The van der Waals surface area contributed by atoms with Crippen molar-refractivity contribution < 1.29 is 19.0 Å². The third-order valence-corrected chi connectivity index (χ3v) is 4.69. The maximum absolute atomic E-state index is 12.7. The number of nitrogens with zero attached hydrogens (tertiary/aromatic N) is 2. The van der Waals surface area contributed by atoms with Gasteiger partial charge in [0.25, 0.3) is 0 Å². The first-order valence-corrected chi connectivity index (χ1v) is 9.37. The Bertz CT molecular complexity index is 1030. The van der Waals surface area contributed by atoms with Crippen LogP contribution in [0.25, 0.3) is 6.08 Å². The van der Waals surface area contributed by atoms with Crippen molar-refractivity contribution in [1.29, 1.82) is 0 Å². The van der Waals surface area contributed by atoms with Crippen LogP contribution in [0.15, 0.2) is 60.9 Å². The molecule has 7 heteroatoms. The van der Waals surface area contributed by atoms with Crippen molar-refractivity contribution in [3.8, 4) is 17.2 Å². The molecule has 1 heterocycles. The zero-order valence-corrected chi connectivity index (χ0v) is 17.5. The van der Waals surface area contributed by atoms with Gasteiger partial charge in [0.1, 0.15) is 17.6 Å². The third-order valence-electron chi connectivity index (χ3n) is 4.69. The molecule has 1 N–H and O–H groups in total. The molecular weight excluding hydrogens is 382 g/mol. The fourth-order valence-corrected chi connectivity index (χ4v) is 3.07. The minimum atomic E-state index is -0.404. The second-order valence-corrected chi connectivity index (χ2v) is 6.56. The molecule has 1 aromatic heterocycles. The van der Waals surface area contributed by atoms with Gasteiger partial charge in [-0.15, -0.1) is 0 Å². The molecule has 0 radical (unpaired) electrons. The van der Waals surface area contributed by atoms with E-state index < -0.39 is 6.04 Å². The number of rotatable bonds is 8. The lowest BCUT2D eigenvalue weighted by atomic mass is 10.1. The van der Waals surface area contributed by atoms with Crippen molar-refractivity contribution in [2.24, 2.45) is 7.05 Å². The lowest BCUT2D eigenvalue weighted by Gasteiger charge is -2.18. The van der Waals surface area contributed by atoms with Gasteiger partial charge in [0.15, 0.2) is 11.5 Å². The molecule has 1 unspecified atom stereocenters. The molecule has 0 saturated heterocycles. The maximum atomic E-state index is 12.7. The molecular formula is C23H25N3O4. The second-order valence-electron chi connectivity index (χ2n) is 6.56. The molecule has 0 saturated carbocycles. The number of hydrogen-bond donors (Lipinski definition) is 1. The minimum absolute atomic E-state index is 0.242. The molecule has 0 aliphatic carbocycles. The Balaban J connectivity index is 1.81. The number of carbonyl (C=O) groups excluding carboxylic acids is 1. The van der Waals surface area contributed by atoms with E-state index in [1.165, 1.54) is 6.08 Å². The van der Waals surface area contributed by atoms with Gasteiger partial charge >= 0.3 is 0 Å². The number of nitrogens with one attached hydrogen (secondary N) is 1. The summed E-state index contributed by atoms with van der Waals surface area (Å²) in [6.07, 6.45) is 6.76. The van der Waals surface area contributed by atoms with E-state index >= 15 is 0 Å². The Morgan fingerprint density at radius 2 is 1.77 bits per heavy atom. The number of imidazole rings is 1. The topological polar surface area (TPSA) is 74.6 Å². The van der Waals surface area contributed by atoms with Gasteiger partial charge in [0, 0.05) is 25.5 Å². The highest BCUT2D eigenvalue weighted by Crippen LogP contribution is 2.28. The smallest absolute Gasteiger partial charge is 0.244 e. The van der Waals surface area contributed by atoms with Crippen LogP contribution in [-0.4, -0.2) is 36.8 Å². The Labute approximate surface area is 175 Å². The van der Waals surface area contributed by atoms with Crippen LogP contribution in [0.1, 0.15) is 23.0 Å². The molecule has 0 fully saturated rings. The van der Waals surface area contributed by atoms with Crippen molar-refractivity contribution in [2.75, 3.05) is 21.3 Å². The zero-order chi connectivity index (χ0) is 21.5. The summed E-state index contributed by atoms with van der Waals surface area (Å²) < 4.78 is 17.7. The number of ether oxygens (including phenoxy) is 3. The number of carbonyl (C=O) groups is 1. The quantitative estimate of drug-likeness (QED) is 0.580. The van der Waals surface area contributed by atoms with Crippen molar-refractivity contribution in [3.63, 3.8) is 0 Å². The minimum Gasteiger partial charge on any atom is -0.497 e. The Kier molecular flexibility index (Phi) is 6.75. The molecule has 30 heavy (non-hydrogen) atoms. The lowest BCUT2D eigenvalue weighted by Crippen LogP contribution is -2.29. The van der Waals surface area contributed by atoms with E-state index in [1.54, 1.807) is 39.7 Å². The van der Waals surface area contributed by atoms with Crippen molar-refractivity contribution >= 4 is 12.0 Å². The van der Waals surface area contributed by atoms with Gasteiger partial charge in [0.2, 0.25) is 5.91 Å². The number of aromatic nitrogens is 2. The monoisotopic (exact) mass is 407 g/mol. The summed E-state index contributed by atoms with van der Waals surface area (Å²) in [6.45, 7) is 0. The highest BCUT2D eigenvalue weighted by Gasteiger charge is 2.20. The van der Waals surface area contributed by atoms with E-state index in [4.69, 9.17) is 14.2 Å². The van der Waals surface area contributed by atoms with Gasteiger partial charge in [-0.2, -0.15) is 0 Å². The number of amides is 1. The fraction of sp³-hybridized carbons (Fsp3) is 0.217. The number of hydrogen-bond acceptors (Lipinski definition) is 5. The normalized spacial score (nSPS) is 11.9.